The molecular formula is C12H20N2O. The average Bonchev–Trinajstić information content (AvgIpc) is 2.54. The maximum absolute atomic E-state index is 11.3. The normalized spacial score (nSPS) is 17.4. The van der Waals surface area contributed by atoms with Gasteiger partial charge in [-0.1, -0.05) is 25.7 Å². The molecule has 0 saturated heterocycles. The molecule has 0 radical (unpaired) electrons. The molecule has 0 aromatic heterocycles. The fourth-order valence-electron chi connectivity index (χ4n) is 2.48. The van der Waals surface area contributed by atoms with Crippen molar-refractivity contribution in [2.45, 2.75) is 57.9 Å². The second-order valence-electron chi connectivity index (χ2n) is 5.12. The molecule has 0 unspecified atom stereocenters. The molecule has 1 saturated carbocycles. The minimum absolute atomic E-state index is 0.0336. The highest BCUT2D eigenvalue weighted by atomic mass is 16.1. The van der Waals surface area contributed by atoms with Crippen LogP contribution in [0.1, 0.15) is 52.4 Å². The van der Waals surface area contributed by atoms with E-state index in [1.54, 1.807) is 0 Å². The molecule has 0 atom stereocenters. The second-order valence-corrected chi connectivity index (χ2v) is 5.12. The highest BCUT2D eigenvalue weighted by Crippen LogP contribution is 2.31. The molecule has 0 aliphatic heterocycles. The summed E-state index contributed by atoms with van der Waals surface area (Å²) in [6.45, 7) is 4.08. The maximum Gasteiger partial charge on any atom is 0.234 e. The smallest absolute Gasteiger partial charge is 0.234 e. The number of nitrogens with one attached hydrogen (secondary N) is 1. The minimum atomic E-state index is -0.164. The number of carbonyl (C=O) groups excluding carboxylic acids is 1. The predicted octanol–water partition coefficient (Wildman–Crippen LogP) is 2.38. The number of nitriles is 1. The minimum Gasteiger partial charge on any atom is -0.350 e. The van der Waals surface area contributed by atoms with Crippen LogP contribution in [-0.2, 0) is 4.79 Å². The zero-order chi connectivity index (χ0) is 11.3. The lowest BCUT2D eigenvalue weighted by Crippen LogP contribution is -2.44. The van der Waals surface area contributed by atoms with E-state index in [1.165, 1.54) is 25.7 Å². The summed E-state index contributed by atoms with van der Waals surface area (Å²) in [6.07, 6.45) is 6.23. The Morgan fingerprint density at radius 1 is 1.47 bits per heavy atom. The lowest BCUT2D eigenvalue weighted by Gasteiger charge is -2.28. The van der Waals surface area contributed by atoms with Gasteiger partial charge in [-0.25, -0.2) is 0 Å². The molecule has 0 aromatic carbocycles. The van der Waals surface area contributed by atoms with Crippen LogP contribution in [0.5, 0.6) is 0 Å². The largest absolute Gasteiger partial charge is 0.350 e. The quantitative estimate of drug-likeness (QED) is 0.771. The molecule has 84 valence electrons. The first-order valence-corrected chi connectivity index (χ1v) is 5.71. The third-order valence-electron chi connectivity index (χ3n) is 2.99. The van der Waals surface area contributed by atoms with E-state index >= 15 is 0 Å². The Morgan fingerprint density at radius 2 is 2.07 bits per heavy atom. The summed E-state index contributed by atoms with van der Waals surface area (Å²) in [5.74, 6) is 0.600. The van der Waals surface area contributed by atoms with Gasteiger partial charge in [0.1, 0.15) is 6.42 Å². The first kappa shape index (κ1) is 12.0. The standard InChI is InChI=1S/C12H20N2O/c1-12(2,14-11(15)7-8-13)9-10-5-3-4-6-10/h10H,3-7,9H2,1-2H3,(H,14,15). The van der Waals surface area contributed by atoms with Crippen LogP contribution in [-0.4, -0.2) is 11.4 Å². The molecule has 1 aliphatic rings. The monoisotopic (exact) mass is 208 g/mol. The number of rotatable bonds is 4. The van der Waals surface area contributed by atoms with Crippen molar-refractivity contribution in [3.05, 3.63) is 0 Å². The highest BCUT2D eigenvalue weighted by Gasteiger charge is 2.26. The van der Waals surface area contributed by atoms with Crippen LogP contribution in [0.2, 0.25) is 0 Å². The van der Waals surface area contributed by atoms with Crippen molar-refractivity contribution < 1.29 is 4.79 Å². The van der Waals surface area contributed by atoms with E-state index in [4.69, 9.17) is 5.26 Å². The molecule has 1 amide bonds. The van der Waals surface area contributed by atoms with Gasteiger partial charge in [0.25, 0.3) is 0 Å². The van der Waals surface area contributed by atoms with Crippen LogP contribution in [0.15, 0.2) is 0 Å². The molecule has 1 rings (SSSR count). The van der Waals surface area contributed by atoms with Gasteiger partial charge in [0, 0.05) is 5.54 Å². The fraction of sp³-hybridized carbons (Fsp3) is 0.833. The third kappa shape index (κ3) is 4.33. The van der Waals surface area contributed by atoms with Gasteiger partial charge in [0.2, 0.25) is 5.91 Å². The Morgan fingerprint density at radius 3 is 2.60 bits per heavy atom. The number of amides is 1. The summed E-state index contributed by atoms with van der Waals surface area (Å²) >= 11 is 0. The van der Waals surface area contributed by atoms with E-state index in [0.29, 0.717) is 0 Å². The van der Waals surface area contributed by atoms with E-state index in [0.717, 1.165) is 12.3 Å². The molecule has 1 aliphatic carbocycles. The first-order valence-electron chi connectivity index (χ1n) is 5.71. The van der Waals surface area contributed by atoms with Crippen LogP contribution >= 0.6 is 0 Å². The van der Waals surface area contributed by atoms with Crippen LogP contribution in [0.4, 0.5) is 0 Å². The van der Waals surface area contributed by atoms with Gasteiger partial charge in [-0.05, 0) is 26.2 Å². The van der Waals surface area contributed by atoms with Crippen LogP contribution in [0, 0.1) is 17.2 Å². The summed E-state index contributed by atoms with van der Waals surface area (Å²) in [4.78, 5) is 11.3. The van der Waals surface area contributed by atoms with E-state index in [9.17, 15) is 4.79 Å². The number of hydrogen-bond donors (Lipinski definition) is 1. The zero-order valence-electron chi connectivity index (χ0n) is 9.68. The number of carbonyl (C=O) groups is 1. The van der Waals surface area contributed by atoms with Gasteiger partial charge >= 0.3 is 0 Å². The summed E-state index contributed by atoms with van der Waals surface area (Å²) < 4.78 is 0. The molecule has 1 N–H and O–H groups in total. The van der Waals surface area contributed by atoms with E-state index < -0.39 is 0 Å². The number of hydrogen-bond acceptors (Lipinski definition) is 2. The third-order valence-corrected chi connectivity index (χ3v) is 2.99. The fourth-order valence-corrected chi connectivity index (χ4v) is 2.48. The Balaban J connectivity index is 2.36. The van der Waals surface area contributed by atoms with E-state index in [2.05, 4.69) is 5.32 Å². The van der Waals surface area contributed by atoms with Crippen molar-refractivity contribution in [1.29, 1.82) is 5.26 Å². The van der Waals surface area contributed by atoms with Crippen molar-refractivity contribution in [2.75, 3.05) is 0 Å². The molecule has 1 fully saturated rings. The molecule has 0 aromatic rings. The van der Waals surface area contributed by atoms with Crippen molar-refractivity contribution >= 4 is 5.91 Å². The van der Waals surface area contributed by atoms with Crippen molar-refractivity contribution in [3.63, 3.8) is 0 Å². The van der Waals surface area contributed by atoms with Crippen LogP contribution in [0.3, 0.4) is 0 Å². The summed E-state index contributed by atoms with van der Waals surface area (Å²) in [7, 11) is 0. The topological polar surface area (TPSA) is 52.9 Å². The van der Waals surface area contributed by atoms with Crippen molar-refractivity contribution in [1.82, 2.24) is 5.32 Å². The van der Waals surface area contributed by atoms with Crippen LogP contribution < -0.4 is 5.32 Å². The Labute approximate surface area is 91.9 Å². The van der Waals surface area contributed by atoms with Crippen molar-refractivity contribution in [3.8, 4) is 6.07 Å². The summed E-state index contributed by atoms with van der Waals surface area (Å²) in [5.41, 5.74) is -0.164. The van der Waals surface area contributed by atoms with Gasteiger partial charge in [0.15, 0.2) is 0 Å². The second kappa shape index (κ2) is 5.16. The molecule has 3 heteroatoms. The SMILES string of the molecule is CC(C)(CC1CCCC1)NC(=O)CC#N. The van der Waals surface area contributed by atoms with E-state index in [1.807, 2.05) is 19.9 Å². The summed E-state index contributed by atoms with van der Waals surface area (Å²) in [5, 5.41) is 11.3. The molecular weight excluding hydrogens is 188 g/mol. The molecule has 3 nitrogen and oxygen atoms in total. The Hall–Kier alpha value is -1.04. The van der Waals surface area contributed by atoms with Crippen LogP contribution in [0.25, 0.3) is 0 Å². The van der Waals surface area contributed by atoms with Crippen molar-refractivity contribution in [2.24, 2.45) is 5.92 Å². The van der Waals surface area contributed by atoms with E-state index in [-0.39, 0.29) is 17.9 Å². The predicted molar refractivity (Wildman–Crippen MR) is 59.0 cm³/mol. The summed E-state index contributed by atoms with van der Waals surface area (Å²) in [6, 6.07) is 1.87. The zero-order valence-corrected chi connectivity index (χ0v) is 9.68. The first-order chi connectivity index (χ1) is 7.03. The van der Waals surface area contributed by atoms with Gasteiger partial charge in [-0.15, -0.1) is 0 Å². The Kier molecular flexibility index (Phi) is 4.14. The lowest BCUT2D eigenvalue weighted by molar-refractivity contribution is -0.121. The van der Waals surface area contributed by atoms with Gasteiger partial charge in [-0.3, -0.25) is 4.79 Å². The molecule has 0 spiro atoms. The molecule has 15 heavy (non-hydrogen) atoms. The van der Waals surface area contributed by atoms with Gasteiger partial charge < -0.3 is 5.32 Å². The molecule has 0 bridgehead atoms. The number of nitrogens with zero attached hydrogens (tertiary/aromatic N) is 1. The Bertz CT molecular complexity index is 259. The maximum atomic E-state index is 11.3. The average molecular weight is 208 g/mol. The van der Waals surface area contributed by atoms with Gasteiger partial charge in [-0.2, -0.15) is 5.26 Å². The highest BCUT2D eigenvalue weighted by molar-refractivity contribution is 5.78. The van der Waals surface area contributed by atoms with Gasteiger partial charge in [0.05, 0.1) is 6.07 Å². The molecule has 0 heterocycles. The lowest BCUT2D eigenvalue weighted by atomic mass is 9.89.